The molecule has 0 bridgehead atoms. The number of nitrogens with zero attached hydrogens (tertiary/aromatic N) is 5. The fourth-order valence-electron chi connectivity index (χ4n) is 3.36. The van der Waals surface area contributed by atoms with Gasteiger partial charge in [-0.2, -0.15) is 4.98 Å². The van der Waals surface area contributed by atoms with E-state index in [1.165, 1.54) is 0 Å². The van der Waals surface area contributed by atoms with Crippen molar-refractivity contribution in [2.24, 2.45) is 0 Å². The lowest BCUT2D eigenvalue weighted by Gasteiger charge is -2.24. The van der Waals surface area contributed by atoms with E-state index in [0.717, 1.165) is 35.8 Å². The Hall–Kier alpha value is -2.61. The van der Waals surface area contributed by atoms with Crippen LogP contribution in [0.4, 0.5) is 0 Å². The van der Waals surface area contributed by atoms with Gasteiger partial charge in [-0.25, -0.2) is 0 Å². The van der Waals surface area contributed by atoms with Crippen LogP contribution in [0.15, 0.2) is 52.0 Å². The fraction of sp³-hybridized carbons (Fsp3) is 0.316. The van der Waals surface area contributed by atoms with E-state index in [1.807, 2.05) is 23.1 Å². The molecule has 3 aromatic rings. The van der Waals surface area contributed by atoms with Gasteiger partial charge in [-0.3, -0.25) is 14.8 Å². The second-order valence-electron chi connectivity index (χ2n) is 6.48. The van der Waals surface area contributed by atoms with Gasteiger partial charge in [0.25, 0.3) is 11.8 Å². The summed E-state index contributed by atoms with van der Waals surface area (Å²) in [6.07, 6.45) is 10.1. The van der Waals surface area contributed by atoms with Crippen LogP contribution in [-0.4, -0.2) is 43.5 Å². The summed E-state index contributed by atoms with van der Waals surface area (Å²) < 4.78 is 6.13. The zero-order valence-corrected chi connectivity index (χ0v) is 16.2. The summed E-state index contributed by atoms with van der Waals surface area (Å²) in [6.45, 7) is 0.767. The highest BCUT2D eigenvalue weighted by Crippen LogP contribution is 2.25. The summed E-state index contributed by atoms with van der Waals surface area (Å²) >= 11 is 3.37. The van der Waals surface area contributed by atoms with Crippen LogP contribution in [0.3, 0.4) is 0 Å². The number of likely N-dealkylation sites (tertiary alicyclic amines) is 1. The van der Waals surface area contributed by atoms with E-state index in [0.29, 0.717) is 23.7 Å². The maximum Gasteiger partial charge on any atom is 0.259 e. The van der Waals surface area contributed by atoms with Crippen molar-refractivity contribution in [2.45, 2.75) is 31.7 Å². The highest BCUT2D eigenvalue weighted by atomic mass is 79.9. The van der Waals surface area contributed by atoms with Gasteiger partial charge in [0.1, 0.15) is 0 Å². The SMILES string of the molecule is O=C(c1cncc(Br)c1)N1CCCC1CCc1noc(-c2cccnc2)n1. The Morgan fingerprint density at radius 2 is 2.22 bits per heavy atom. The number of pyridine rings is 2. The smallest absolute Gasteiger partial charge is 0.259 e. The van der Waals surface area contributed by atoms with Gasteiger partial charge in [0.15, 0.2) is 5.82 Å². The largest absolute Gasteiger partial charge is 0.336 e. The highest BCUT2D eigenvalue weighted by molar-refractivity contribution is 9.10. The number of carbonyl (C=O) groups excluding carboxylic acids is 1. The third-order valence-corrected chi connectivity index (χ3v) is 5.10. The first-order valence-electron chi connectivity index (χ1n) is 8.85. The number of rotatable bonds is 5. The second-order valence-corrected chi connectivity index (χ2v) is 7.40. The summed E-state index contributed by atoms with van der Waals surface area (Å²) in [4.78, 5) is 27.4. The number of hydrogen-bond acceptors (Lipinski definition) is 6. The lowest BCUT2D eigenvalue weighted by atomic mass is 10.1. The zero-order chi connectivity index (χ0) is 18.6. The monoisotopic (exact) mass is 427 g/mol. The van der Waals surface area contributed by atoms with E-state index < -0.39 is 0 Å². The van der Waals surface area contributed by atoms with Crippen LogP contribution in [0, 0.1) is 0 Å². The van der Waals surface area contributed by atoms with E-state index in [-0.39, 0.29) is 11.9 Å². The number of hydrogen-bond donors (Lipinski definition) is 0. The molecule has 7 nitrogen and oxygen atoms in total. The average molecular weight is 428 g/mol. The second kappa shape index (κ2) is 7.96. The van der Waals surface area contributed by atoms with Gasteiger partial charge >= 0.3 is 0 Å². The van der Waals surface area contributed by atoms with E-state index in [2.05, 4.69) is 36.0 Å². The molecule has 1 unspecified atom stereocenters. The molecule has 4 heterocycles. The van der Waals surface area contributed by atoms with E-state index >= 15 is 0 Å². The number of aromatic nitrogens is 4. The zero-order valence-electron chi connectivity index (χ0n) is 14.6. The van der Waals surface area contributed by atoms with Crippen LogP contribution in [0.2, 0.25) is 0 Å². The molecule has 0 radical (unpaired) electrons. The molecule has 0 N–H and O–H groups in total. The van der Waals surface area contributed by atoms with Gasteiger partial charge in [0.05, 0.1) is 11.1 Å². The predicted octanol–water partition coefficient (Wildman–Crippen LogP) is 3.53. The quantitative estimate of drug-likeness (QED) is 0.618. The molecule has 27 heavy (non-hydrogen) atoms. The number of amides is 1. The summed E-state index contributed by atoms with van der Waals surface area (Å²) in [5.41, 5.74) is 1.41. The van der Waals surface area contributed by atoms with Crippen molar-refractivity contribution in [3.8, 4) is 11.5 Å². The lowest BCUT2D eigenvalue weighted by molar-refractivity contribution is 0.0729. The molecule has 0 spiro atoms. The normalized spacial score (nSPS) is 16.6. The Labute approximate surface area is 165 Å². The first-order chi connectivity index (χ1) is 13.2. The van der Waals surface area contributed by atoms with Gasteiger partial charge in [-0.15, -0.1) is 0 Å². The minimum atomic E-state index is 0.0236. The Balaban J connectivity index is 1.40. The van der Waals surface area contributed by atoms with Crippen LogP contribution >= 0.6 is 15.9 Å². The maximum absolute atomic E-state index is 12.8. The first kappa shape index (κ1) is 17.8. The van der Waals surface area contributed by atoms with Gasteiger partial charge in [0, 0.05) is 48.3 Å². The van der Waals surface area contributed by atoms with Crippen molar-refractivity contribution in [3.05, 3.63) is 58.8 Å². The van der Waals surface area contributed by atoms with Crippen molar-refractivity contribution in [2.75, 3.05) is 6.54 Å². The van der Waals surface area contributed by atoms with Crippen molar-refractivity contribution in [1.82, 2.24) is 25.0 Å². The Kier molecular flexibility index (Phi) is 5.24. The number of aryl methyl sites for hydroxylation is 1. The van der Waals surface area contributed by atoms with Gasteiger partial charge in [0.2, 0.25) is 0 Å². The molecular formula is C19H18BrN5O2. The fourth-order valence-corrected chi connectivity index (χ4v) is 3.72. The van der Waals surface area contributed by atoms with Crippen molar-refractivity contribution < 1.29 is 9.32 Å². The minimum Gasteiger partial charge on any atom is -0.336 e. The molecule has 138 valence electrons. The maximum atomic E-state index is 12.8. The lowest BCUT2D eigenvalue weighted by Crippen LogP contribution is -2.36. The van der Waals surface area contributed by atoms with Crippen LogP contribution < -0.4 is 0 Å². The van der Waals surface area contributed by atoms with E-state index in [4.69, 9.17) is 4.52 Å². The van der Waals surface area contributed by atoms with Gasteiger partial charge in [-0.05, 0) is 53.4 Å². The molecule has 1 atom stereocenters. The van der Waals surface area contributed by atoms with Crippen LogP contribution in [-0.2, 0) is 6.42 Å². The highest BCUT2D eigenvalue weighted by Gasteiger charge is 2.29. The molecule has 3 aromatic heterocycles. The van der Waals surface area contributed by atoms with Crippen LogP contribution in [0.5, 0.6) is 0 Å². The Morgan fingerprint density at radius 3 is 3.04 bits per heavy atom. The molecular weight excluding hydrogens is 410 g/mol. The average Bonchev–Trinajstić information content (AvgIpc) is 3.36. The summed E-state index contributed by atoms with van der Waals surface area (Å²) in [5.74, 6) is 1.14. The minimum absolute atomic E-state index is 0.0236. The molecule has 1 aliphatic heterocycles. The van der Waals surface area contributed by atoms with Crippen LogP contribution in [0.1, 0.15) is 35.4 Å². The van der Waals surface area contributed by atoms with Gasteiger partial charge in [-0.1, -0.05) is 5.16 Å². The predicted molar refractivity (Wildman–Crippen MR) is 102 cm³/mol. The molecule has 1 aliphatic rings. The van der Waals surface area contributed by atoms with Crippen molar-refractivity contribution in [1.29, 1.82) is 0 Å². The van der Waals surface area contributed by atoms with Gasteiger partial charge < -0.3 is 9.42 Å². The Morgan fingerprint density at radius 1 is 1.30 bits per heavy atom. The first-order valence-corrected chi connectivity index (χ1v) is 9.64. The van der Waals surface area contributed by atoms with Crippen molar-refractivity contribution >= 4 is 21.8 Å². The third kappa shape index (κ3) is 4.05. The molecule has 4 rings (SSSR count). The summed E-state index contributed by atoms with van der Waals surface area (Å²) in [5, 5.41) is 4.06. The van der Waals surface area contributed by atoms with Crippen LogP contribution in [0.25, 0.3) is 11.5 Å². The molecule has 1 amide bonds. The third-order valence-electron chi connectivity index (χ3n) is 4.67. The molecule has 0 aliphatic carbocycles. The van der Waals surface area contributed by atoms with E-state index in [1.54, 1.807) is 24.8 Å². The molecule has 0 saturated carbocycles. The number of halogens is 1. The summed E-state index contributed by atoms with van der Waals surface area (Å²) in [7, 11) is 0. The standard InChI is InChI=1S/C19H18BrN5O2/c20-15-9-14(11-22-12-15)19(26)25-8-2-4-16(25)5-6-17-23-18(27-24-17)13-3-1-7-21-10-13/h1,3,7,9-12,16H,2,4-6,8H2. The molecule has 1 saturated heterocycles. The molecule has 1 fully saturated rings. The molecule has 8 heteroatoms. The van der Waals surface area contributed by atoms with E-state index in [9.17, 15) is 4.79 Å². The topological polar surface area (TPSA) is 85.0 Å². The summed E-state index contributed by atoms with van der Waals surface area (Å²) in [6, 6.07) is 5.70. The van der Waals surface area contributed by atoms with Crippen molar-refractivity contribution in [3.63, 3.8) is 0 Å². The Bertz CT molecular complexity index is 931. The number of carbonyl (C=O) groups is 1. The molecule has 0 aromatic carbocycles.